The molecule has 0 bridgehead atoms. The Morgan fingerprint density at radius 2 is 1.93 bits per heavy atom. The maximum atomic E-state index is 13.4. The van der Waals surface area contributed by atoms with Gasteiger partial charge in [0.2, 0.25) is 15.9 Å². The monoisotopic (exact) mass is 419 g/mol. The average Bonchev–Trinajstić information content (AvgIpc) is 3.48. The Balaban J connectivity index is 1.23. The van der Waals surface area contributed by atoms with Crippen molar-refractivity contribution in [2.75, 3.05) is 26.2 Å². The maximum Gasteiger partial charge on any atom is 0.244 e. The normalized spacial score (nSPS) is 25.7. The summed E-state index contributed by atoms with van der Waals surface area (Å²) in [5.74, 6) is 0.403. The van der Waals surface area contributed by atoms with E-state index >= 15 is 0 Å². The van der Waals surface area contributed by atoms with Gasteiger partial charge in [-0.25, -0.2) is 17.8 Å². The van der Waals surface area contributed by atoms with Gasteiger partial charge in [0.05, 0.1) is 24.3 Å². The summed E-state index contributed by atoms with van der Waals surface area (Å²) < 4.78 is 46.5. The molecular weight excluding hydrogens is 397 g/mol. The van der Waals surface area contributed by atoms with E-state index in [9.17, 15) is 12.8 Å². The lowest BCUT2D eigenvalue weighted by Crippen LogP contribution is -2.51. The Hall–Kier alpha value is -2.17. The van der Waals surface area contributed by atoms with Gasteiger partial charge in [0, 0.05) is 50.8 Å². The molecule has 10 heteroatoms. The first kappa shape index (κ1) is 18.8. The minimum absolute atomic E-state index is 0.0560. The molecule has 1 saturated carbocycles. The zero-order chi connectivity index (χ0) is 20.0. The van der Waals surface area contributed by atoms with Crippen LogP contribution in [0.5, 0.6) is 5.88 Å². The van der Waals surface area contributed by atoms with Gasteiger partial charge in [0.25, 0.3) is 0 Å². The van der Waals surface area contributed by atoms with Crippen molar-refractivity contribution in [1.82, 2.24) is 24.2 Å². The predicted octanol–water partition coefficient (Wildman–Crippen LogP) is 1.41. The summed E-state index contributed by atoms with van der Waals surface area (Å²) in [6.07, 6.45) is 8.66. The van der Waals surface area contributed by atoms with Crippen LogP contribution in [0.2, 0.25) is 0 Å². The number of halogens is 1. The maximum absolute atomic E-state index is 13.4. The van der Waals surface area contributed by atoms with Crippen molar-refractivity contribution in [2.45, 2.75) is 42.2 Å². The van der Waals surface area contributed by atoms with E-state index in [1.54, 1.807) is 12.4 Å². The molecule has 2 aliphatic heterocycles. The molecule has 4 heterocycles. The van der Waals surface area contributed by atoms with Crippen LogP contribution in [0.1, 0.15) is 30.9 Å². The van der Waals surface area contributed by atoms with E-state index in [1.807, 2.05) is 0 Å². The summed E-state index contributed by atoms with van der Waals surface area (Å²) in [7, 11) is -3.77. The average molecular weight is 419 g/mol. The van der Waals surface area contributed by atoms with Crippen LogP contribution in [0.25, 0.3) is 0 Å². The van der Waals surface area contributed by atoms with Crippen molar-refractivity contribution in [3.63, 3.8) is 0 Å². The van der Waals surface area contributed by atoms with Crippen LogP contribution in [0.15, 0.2) is 35.7 Å². The Bertz CT molecular complexity index is 999. The molecule has 0 aromatic carbocycles. The minimum Gasteiger partial charge on any atom is -0.472 e. The number of aromatic nitrogens is 3. The fourth-order valence-electron chi connectivity index (χ4n) is 4.10. The number of nitrogens with zero attached hydrogens (tertiary/aromatic N) is 5. The van der Waals surface area contributed by atoms with E-state index in [0.29, 0.717) is 37.9 Å². The third kappa shape index (κ3) is 3.84. The van der Waals surface area contributed by atoms with E-state index in [2.05, 4.69) is 19.9 Å². The third-order valence-corrected chi connectivity index (χ3v) is 7.62. The topological polar surface area (TPSA) is 88.5 Å². The number of ether oxygens (including phenoxy) is 1. The van der Waals surface area contributed by atoms with Gasteiger partial charge in [-0.05, 0) is 18.9 Å². The third-order valence-electron chi connectivity index (χ3n) is 5.79. The molecule has 154 valence electrons. The van der Waals surface area contributed by atoms with Crippen LogP contribution in [0.4, 0.5) is 4.39 Å². The van der Waals surface area contributed by atoms with Crippen molar-refractivity contribution < 1.29 is 17.5 Å². The fraction of sp³-hybridized carbons (Fsp3) is 0.526. The van der Waals surface area contributed by atoms with E-state index in [1.165, 1.54) is 23.3 Å². The second-order valence-corrected chi connectivity index (χ2v) is 9.82. The molecule has 0 amide bonds. The highest BCUT2D eigenvalue weighted by molar-refractivity contribution is 7.89. The summed E-state index contributed by atoms with van der Waals surface area (Å²) in [6, 6.07) is 1.07. The summed E-state index contributed by atoms with van der Waals surface area (Å²) in [4.78, 5) is 14.6. The highest BCUT2D eigenvalue weighted by atomic mass is 32.2. The molecule has 1 aliphatic carbocycles. The first-order valence-electron chi connectivity index (χ1n) is 9.82. The minimum atomic E-state index is -3.77. The standard InChI is InChI=1S/C19H22FN5O3S/c20-14-5-17(8-21-7-14)29(26,27)25-4-3-24-12-16(6-15(24)11-25)28-19-10-22-18(9-23-19)13-1-2-13/h5,7-10,13,15-16H,1-4,6,11-12H2/t15-,16+/m0/s1. The van der Waals surface area contributed by atoms with Crippen LogP contribution in [-0.4, -0.2) is 70.9 Å². The van der Waals surface area contributed by atoms with Gasteiger partial charge in [0.15, 0.2) is 0 Å². The second kappa shape index (κ2) is 7.26. The van der Waals surface area contributed by atoms with E-state index in [0.717, 1.165) is 24.5 Å². The van der Waals surface area contributed by atoms with Gasteiger partial charge in [-0.15, -0.1) is 0 Å². The number of hydrogen-bond acceptors (Lipinski definition) is 7. The van der Waals surface area contributed by atoms with Gasteiger partial charge in [-0.3, -0.25) is 14.9 Å². The molecule has 2 saturated heterocycles. The number of fused-ring (bicyclic) bond motifs is 1. The zero-order valence-corrected chi connectivity index (χ0v) is 16.6. The molecule has 0 radical (unpaired) electrons. The molecule has 0 spiro atoms. The number of piperazine rings is 1. The van der Waals surface area contributed by atoms with Crippen molar-refractivity contribution >= 4 is 10.0 Å². The number of rotatable bonds is 5. The Labute approximate surface area is 168 Å². The number of pyridine rings is 1. The molecule has 2 aromatic rings. The molecule has 0 unspecified atom stereocenters. The Morgan fingerprint density at radius 3 is 2.66 bits per heavy atom. The van der Waals surface area contributed by atoms with Gasteiger partial charge < -0.3 is 4.74 Å². The highest BCUT2D eigenvalue weighted by Crippen LogP contribution is 2.38. The molecule has 2 aromatic heterocycles. The van der Waals surface area contributed by atoms with Crippen molar-refractivity contribution in [3.05, 3.63) is 42.4 Å². The van der Waals surface area contributed by atoms with Gasteiger partial charge in [-0.2, -0.15) is 4.31 Å². The lowest BCUT2D eigenvalue weighted by Gasteiger charge is -2.36. The smallest absolute Gasteiger partial charge is 0.244 e. The number of sulfonamides is 1. The second-order valence-electron chi connectivity index (χ2n) is 7.88. The van der Waals surface area contributed by atoms with Gasteiger partial charge >= 0.3 is 0 Å². The van der Waals surface area contributed by atoms with Gasteiger partial charge in [-0.1, -0.05) is 0 Å². The molecule has 29 heavy (non-hydrogen) atoms. The van der Waals surface area contributed by atoms with Crippen molar-refractivity contribution in [2.24, 2.45) is 0 Å². The lowest BCUT2D eigenvalue weighted by molar-refractivity contribution is 0.151. The molecule has 0 N–H and O–H groups in total. The summed E-state index contributed by atoms with van der Waals surface area (Å²) >= 11 is 0. The molecule has 2 atom stereocenters. The molecular formula is C19H22FN5O3S. The summed E-state index contributed by atoms with van der Waals surface area (Å²) in [5.41, 5.74) is 1.02. The first-order valence-corrected chi connectivity index (χ1v) is 11.3. The quantitative estimate of drug-likeness (QED) is 0.724. The molecule has 5 rings (SSSR count). The van der Waals surface area contributed by atoms with Crippen LogP contribution < -0.4 is 4.74 Å². The van der Waals surface area contributed by atoms with Crippen LogP contribution in [0.3, 0.4) is 0 Å². The first-order chi connectivity index (χ1) is 14.0. The fourth-order valence-corrected chi connectivity index (χ4v) is 5.55. The zero-order valence-electron chi connectivity index (χ0n) is 15.8. The molecule has 8 nitrogen and oxygen atoms in total. The largest absolute Gasteiger partial charge is 0.472 e. The van der Waals surface area contributed by atoms with Crippen LogP contribution >= 0.6 is 0 Å². The van der Waals surface area contributed by atoms with Crippen molar-refractivity contribution in [1.29, 1.82) is 0 Å². The van der Waals surface area contributed by atoms with E-state index in [-0.39, 0.29) is 17.0 Å². The number of hydrogen-bond donors (Lipinski definition) is 0. The lowest BCUT2D eigenvalue weighted by atomic mass is 10.2. The van der Waals surface area contributed by atoms with Gasteiger partial charge in [0.1, 0.15) is 16.8 Å². The Kier molecular flexibility index (Phi) is 4.72. The highest BCUT2D eigenvalue weighted by Gasteiger charge is 2.41. The molecule has 3 aliphatic rings. The predicted molar refractivity (Wildman–Crippen MR) is 101 cm³/mol. The SMILES string of the molecule is O=S(=O)(c1cncc(F)c1)N1CCN2C[C@H](Oc3cnc(C4CC4)cn3)C[C@H]2C1. The van der Waals surface area contributed by atoms with Crippen LogP contribution in [0, 0.1) is 5.82 Å². The van der Waals surface area contributed by atoms with Crippen molar-refractivity contribution in [3.8, 4) is 5.88 Å². The Morgan fingerprint density at radius 1 is 1.07 bits per heavy atom. The molecule has 3 fully saturated rings. The van der Waals surface area contributed by atoms with E-state index in [4.69, 9.17) is 4.74 Å². The van der Waals surface area contributed by atoms with E-state index < -0.39 is 15.8 Å². The summed E-state index contributed by atoms with van der Waals surface area (Å²) in [5, 5.41) is 0. The summed E-state index contributed by atoms with van der Waals surface area (Å²) in [6.45, 7) is 2.05. The van der Waals surface area contributed by atoms with Crippen LogP contribution in [-0.2, 0) is 10.0 Å².